The largest absolute Gasteiger partial charge is 0.478 e. The van der Waals surface area contributed by atoms with Crippen LogP contribution in [-0.2, 0) is 4.79 Å². The van der Waals surface area contributed by atoms with Gasteiger partial charge >= 0.3 is 5.97 Å². The number of carboxylic acid groups (broad SMARTS) is 1. The summed E-state index contributed by atoms with van der Waals surface area (Å²) in [5.41, 5.74) is 5.86. The van der Waals surface area contributed by atoms with E-state index in [1.165, 1.54) is 6.07 Å². The fourth-order valence-corrected chi connectivity index (χ4v) is 1.79. The lowest BCUT2D eigenvalue weighted by atomic mass is 10.1. The maximum atomic E-state index is 11.5. The molecule has 1 amide bonds. The van der Waals surface area contributed by atoms with Crippen molar-refractivity contribution in [1.82, 2.24) is 0 Å². The second-order valence-corrected chi connectivity index (χ2v) is 4.97. The number of nitrogens with two attached hydrogens (primary N) is 1. The summed E-state index contributed by atoms with van der Waals surface area (Å²) in [6.45, 7) is 1.71. The fourth-order valence-electron chi connectivity index (χ4n) is 1.30. The van der Waals surface area contributed by atoms with Crippen molar-refractivity contribution in [3.05, 3.63) is 27.3 Å². The second kappa shape index (κ2) is 5.97. The highest BCUT2D eigenvalue weighted by molar-refractivity contribution is 14.1. The molecule has 1 unspecified atom stereocenters. The Morgan fingerprint density at radius 1 is 1.53 bits per heavy atom. The van der Waals surface area contributed by atoms with Gasteiger partial charge in [0.1, 0.15) is 0 Å². The molecule has 0 fully saturated rings. The lowest BCUT2D eigenvalue weighted by Crippen LogP contribution is -2.24. The van der Waals surface area contributed by atoms with Crippen LogP contribution in [0.2, 0.25) is 0 Å². The smallest absolute Gasteiger partial charge is 0.337 e. The summed E-state index contributed by atoms with van der Waals surface area (Å²) >= 11 is 2.01. The Bertz CT molecular complexity index is 446. The highest BCUT2D eigenvalue weighted by Crippen LogP contribution is 2.19. The molecular weight excluding hydrogens is 335 g/mol. The predicted octanol–water partition coefficient (Wildman–Crippen LogP) is 1.67. The van der Waals surface area contributed by atoms with Gasteiger partial charge in [-0.05, 0) is 47.7 Å². The zero-order chi connectivity index (χ0) is 13.0. The molecule has 17 heavy (non-hydrogen) atoms. The average molecular weight is 348 g/mol. The molecule has 6 heteroatoms. The summed E-state index contributed by atoms with van der Waals surface area (Å²) in [7, 11) is 0. The fraction of sp³-hybridized carbons (Fsp3) is 0.273. The minimum Gasteiger partial charge on any atom is -0.478 e. The molecule has 0 bridgehead atoms. The van der Waals surface area contributed by atoms with Crippen LogP contribution in [0.3, 0.4) is 0 Å². The summed E-state index contributed by atoms with van der Waals surface area (Å²) in [6, 6.07) is 4.55. The monoisotopic (exact) mass is 348 g/mol. The van der Waals surface area contributed by atoms with Crippen LogP contribution >= 0.6 is 22.6 Å². The Hall–Kier alpha value is -1.15. The number of halogens is 1. The first-order valence-corrected chi connectivity index (χ1v) is 6.06. The normalized spacial score (nSPS) is 11.9. The molecule has 1 aromatic carbocycles. The molecule has 4 N–H and O–H groups in total. The summed E-state index contributed by atoms with van der Waals surface area (Å²) in [6.07, 6.45) is 0.158. The lowest BCUT2D eigenvalue weighted by Gasteiger charge is -2.10. The van der Waals surface area contributed by atoms with Gasteiger partial charge in [-0.15, -0.1) is 0 Å². The zero-order valence-corrected chi connectivity index (χ0v) is 11.4. The van der Waals surface area contributed by atoms with Crippen molar-refractivity contribution in [1.29, 1.82) is 0 Å². The molecule has 5 nitrogen and oxygen atoms in total. The van der Waals surface area contributed by atoms with Crippen LogP contribution in [0.15, 0.2) is 18.2 Å². The number of carbonyl (C=O) groups excluding carboxylic acids is 1. The standard InChI is InChI=1S/C11H13IN2O3/c1-6(13)4-10(15)14-9-3-2-7(12)5-8(9)11(16)17/h2-3,5-6H,4,13H2,1H3,(H,14,15)(H,16,17). The number of rotatable bonds is 4. The van der Waals surface area contributed by atoms with E-state index in [2.05, 4.69) is 5.32 Å². The first-order chi connectivity index (χ1) is 7.90. The Balaban J connectivity index is 2.91. The number of anilines is 1. The molecule has 0 radical (unpaired) electrons. The van der Waals surface area contributed by atoms with Crippen LogP contribution in [0, 0.1) is 3.57 Å². The highest BCUT2D eigenvalue weighted by Gasteiger charge is 2.13. The van der Waals surface area contributed by atoms with Crippen LogP contribution < -0.4 is 11.1 Å². The SMILES string of the molecule is CC(N)CC(=O)Nc1ccc(I)cc1C(=O)O. The van der Waals surface area contributed by atoms with Gasteiger partial charge in [0.15, 0.2) is 0 Å². The third-order valence-electron chi connectivity index (χ3n) is 1.99. The van der Waals surface area contributed by atoms with E-state index in [0.29, 0.717) is 5.69 Å². The van der Waals surface area contributed by atoms with E-state index in [4.69, 9.17) is 10.8 Å². The van der Waals surface area contributed by atoms with Gasteiger partial charge in [-0.3, -0.25) is 4.79 Å². The quantitative estimate of drug-likeness (QED) is 0.722. The Morgan fingerprint density at radius 3 is 2.71 bits per heavy atom. The first kappa shape index (κ1) is 13.9. The van der Waals surface area contributed by atoms with Gasteiger partial charge in [-0.1, -0.05) is 0 Å². The van der Waals surface area contributed by atoms with Gasteiger partial charge in [0.25, 0.3) is 0 Å². The van der Waals surface area contributed by atoms with E-state index in [0.717, 1.165) is 3.57 Å². The van der Waals surface area contributed by atoms with Crippen molar-refractivity contribution in [2.75, 3.05) is 5.32 Å². The van der Waals surface area contributed by atoms with E-state index in [1.54, 1.807) is 19.1 Å². The average Bonchev–Trinajstić information content (AvgIpc) is 2.19. The minimum absolute atomic E-state index is 0.0786. The Kier molecular flexibility index (Phi) is 4.88. The number of nitrogens with one attached hydrogen (secondary N) is 1. The highest BCUT2D eigenvalue weighted by atomic mass is 127. The number of benzene rings is 1. The van der Waals surface area contributed by atoms with Gasteiger partial charge in [-0.2, -0.15) is 0 Å². The van der Waals surface area contributed by atoms with E-state index in [9.17, 15) is 9.59 Å². The Labute approximate surface area is 113 Å². The van der Waals surface area contributed by atoms with Crippen LogP contribution in [0.4, 0.5) is 5.69 Å². The van der Waals surface area contributed by atoms with Gasteiger partial charge in [-0.25, -0.2) is 4.79 Å². The van der Waals surface area contributed by atoms with Gasteiger partial charge in [0, 0.05) is 16.0 Å². The number of hydrogen-bond donors (Lipinski definition) is 3. The molecule has 92 valence electrons. The first-order valence-electron chi connectivity index (χ1n) is 4.98. The third-order valence-corrected chi connectivity index (χ3v) is 2.66. The van der Waals surface area contributed by atoms with Crippen molar-refractivity contribution in [3.8, 4) is 0 Å². The van der Waals surface area contributed by atoms with Crippen molar-refractivity contribution < 1.29 is 14.7 Å². The van der Waals surface area contributed by atoms with Crippen molar-refractivity contribution in [3.63, 3.8) is 0 Å². The molecule has 1 atom stereocenters. The maximum absolute atomic E-state index is 11.5. The van der Waals surface area contributed by atoms with E-state index in [1.807, 2.05) is 22.6 Å². The summed E-state index contributed by atoms with van der Waals surface area (Å²) in [4.78, 5) is 22.5. The minimum atomic E-state index is -1.07. The second-order valence-electron chi connectivity index (χ2n) is 3.72. The predicted molar refractivity (Wildman–Crippen MR) is 73.0 cm³/mol. The summed E-state index contributed by atoms with van der Waals surface area (Å²) < 4.78 is 0.796. The Morgan fingerprint density at radius 2 is 2.18 bits per heavy atom. The van der Waals surface area contributed by atoms with Crippen molar-refractivity contribution in [2.24, 2.45) is 5.73 Å². The molecule has 0 saturated carbocycles. The zero-order valence-electron chi connectivity index (χ0n) is 9.24. The molecule has 0 heterocycles. The third kappa shape index (κ3) is 4.31. The van der Waals surface area contributed by atoms with E-state index < -0.39 is 5.97 Å². The van der Waals surface area contributed by atoms with Crippen LogP contribution in [-0.4, -0.2) is 23.0 Å². The molecule has 0 aliphatic rings. The number of aromatic carboxylic acids is 1. The number of amides is 1. The number of carbonyl (C=O) groups is 2. The molecule has 1 rings (SSSR count). The molecule has 0 aliphatic heterocycles. The van der Waals surface area contributed by atoms with Gasteiger partial charge in [0.2, 0.25) is 5.91 Å². The van der Waals surface area contributed by atoms with Gasteiger partial charge < -0.3 is 16.2 Å². The summed E-state index contributed by atoms with van der Waals surface area (Å²) in [5.74, 6) is -1.36. The lowest BCUT2D eigenvalue weighted by molar-refractivity contribution is -0.116. The molecule has 0 aliphatic carbocycles. The van der Waals surface area contributed by atoms with Crippen LogP contribution in [0.25, 0.3) is 0 Å². The molecule has 0 saturated heterocycles. The maximum Gasteiger partial charge on any atom is 0.337 e. The molecule has 0 spiro atoms. The van der Waals surface area contributed by atoms with Crippen molar-refractivity contribution in [2.45, 2.75) is 19.4 Å². The number of hydrogen-bond acceptors (Lipinski definition) is 3. The van der Waals surface area contributed by atoms with Crippen molar-refractivity contribution >= 4 is 40.2 Å². The molecule has 0 aromatic heterocycles. The van der Waals surface area contributed by atoms with E-state index in [-0.39, 0.29) is 23.9 Å². The number of carboxylic acids is 1. The van der Waals surface area contributed by atoms with Gasteiger partial charge in [0.05, 0.1) is 11.3 Å². The van der Waals surface area contributed by atoms with Crippen LogP contribution in [0.5, 0.6) is 0 Å². The molecular formula is C11H13IN2O3. The van der Waals surface area contributed by atoms with E-state index >= 15 is 0 Å². The molecule has 1 aromatic rings. The topological polar surface area (TPSA) is 92.4 Å². The summed E-state index contributed by atoms with van der Waals surface area (Å²) in [5, 5.41) is 11.6. The van der Waals surface area contributed by atoms with Crippen LogP contribution in [0.1, 0.15) is 23.7 Å².